The van der Waals surface area contributed by atoms with E-state index in [0.717, 1.165) is 27.9 Å². The largest absolute Gasteiger partial charge is 0.323 e. The Labute approximate surface area is 97.4 Å². The van der Waals surface area contributed by atoms with E-state index in [2.05, 4.69) is 32.2 Å². The van der Waals surface area contributed by atoms with Gasteiger partial charge < -0.3 is 10.1 Å². The summed E-state index contributed by atoms with van der Waals surface area (Å²) in [6, 6.07) is 3.98. The minimum atomic E-state index is -0.0426. The highest BCUT2D eigenvalue weighted by Gasteiger charge is 2.14. The predicted molar refractivity (Wildman–Crippen MR) is 64.9 cm³/mol. The molecule has 0 aromatic carbocycles. The minimum Gasteiger partial charge on any atom is -0.323 e. The van der Waals surface area contributed by atoms with Crippen LogP contribution in [0.3, 0.4) is 0 Å². The molecule has 2 heterocycles. The van der Waals surface area contributed by atoms with Crippen molar-refractivity contribution < 1.29 is 0 Å². The monoisotopic (exact) mass is 267 g/mol. The molecule has 0 aliphatic heterocycles. The van der Waals surface area contributed by atoms with Crippen LogP contribution in [0.15, 0.2) is 22.8 Å². The molecule has 0 radical (unpaired) electrons. The Morgan fingerprint density at radius 2 is 2.33 bits per heavy atom. The number of aromatic nitrogens is 2. The molecule has 2 aromatic heterocycles. The third kappa shape index (κ3) is 1.68. The van der Waals surface area contributed by atoms with Crippen LogP contribution in [0.5, 0.6) is 0 Å². The molecule has 4 heteroatoms. The van der Waals surface area contributed by atoms with Gasteiger partial charge >= 0.3 is 0 Å². The molecule has 0 amide bonds. The first-order valence-corrected chi connectivity index (χ1v) is 5.85. The molecule has 0 bridgehead atoms. The van der Waals surface area contributed by atoms with Gasteiger partial charge in [-0.05, 0) is 35.0 Å². The second kappa shape index (κ2) is 3.94. The number of imidazole rings is 1. The molecule has 0 saturated carbocycles. The zero-order valence-corrected chi connectivity index (χ0v) is 10.5. The second-order valence-electron chi connectivity index (χ2n) is 3.63. The van der Waals surface area contributed by atoms with E-state index in [1.165, 1.54) is 0 Å². The van der Waals surface area contributed by atoms with Gasteiger partial charge in [-0.3, -0.25) is 0 Å². The molecule has 80 valence electrons. The SMILES string of the molecule is CCc1nc(C(C)N)c2c(Br)cccn12. The third-order valence-corrected chi connectivity index (χ3v) is 3.10. The van der Waals surface area contributed by atoms with E-state index in [9.17, 15) is 0 Å². The van der Waals surface area contributed by atoms with Gasteiger partial charge in [0.1, 0.15) is 5.82 Å². The fraction of sp³-hybridized carbons (Fsp3) is 0.364. The van der Waals surface area contributed by atoms with E-state index in [4.69, 9.17) is 5.73 Å². The zero-order valence-electron chi connectivity index (χ0n) is 8.87. The maximum atomic E-state index is 5.92. The lowest BCUT2D eigenvalue weighted by Gasteiger charge is -2.03. The molecule has 0 aliphatic carbocycles. The first kappa shape index (κ1) is 10.6. The van der Waals surface area contributed by atoms with Crippen molar-refractivity contribution in [1.82, 2.24) is 9.38 Å². The smallest absolute Gasteiger partial charge is 0.113 e. The summed E-state index contributed by atoms with van der Waals surface area (Å²) in [6.07, 6.45) is 2.93. The van der Waals surface area contributed by atoms with Gasteiger partial charge in [0.05, 0.1) is 11.2 Å². The Morgan fingerprint density at radius 3 is 2.93 bits per heavy atom. The van der Waals surface area contributed by atoms with Crippen LogP contribution in [0.1, 0.15) is 31.4 Å². The molecule has 0 saturated heterocycles. The summed E-state index contributed by atoms with van der Waals surface area (Å²) < 4.78 is 3.15. The molecule has 3 nitrogen and oxygen atoms in total. The van der Waals surface area contributed by atoms with Gasteiger partial charge in [-0.1, -0.05) is 6.92 Å². The van der Waals surface area contributed by atoms with Crippen molar-refractivity contribution in [3.8, 4) is 0 Å². The number of hydrogen-bond acceptors (Lipinski definition) is 2. The summed E-state index contributed by atoms with van der Waals surface area (Å²) in [5.41, 5.74) is 7.97. The van der Waals surface area contributed by atoms with E-state index in [-0.39, 0.29) is 6.04 Å². The normalized spacial score (nSPS) is 13.3. The van der Waals surface area contributed by atoms with Crippen LogP contribution in [0.2, 0.25) is 0 Å². The molecule has 0 fully saturated rings. The summed E-state index contributed by atoms with van der Waals surface area (Å²) in [6.45, 7) is 4.06. The number of hydrogen-bond donors (Lipinski definition) is 1. The predicted octanol–water partition coefficient (Wildman–Crippen LogP) is 2.68. The molecule has 2 N–H and O–H groups in total. The Kier molecular flexibility index (Phi) is 2.80. The molecule has 0 spiro atoms. The number of fused-ring (bicyclic) bond motifs is 1. The lowest BCUT2D eigenvalue weighted by Crippen LogP contribution is -2.06. The fourth-order valence-corrected chi connectivity index (χ4v) is 2.30. The molecular weight excluding hydrogens is 254 g/mol. The highest BCUT2D eigenvalue weighted by atomic mass is 79.9. The minimum absolute atomic E-state index is 0.0426. The van der Waals surface area contributed by atoms with Crippen molar-refractivity contribution in [2.45, 2.75) is 26.3 Å². The van der Waals surface area contributed by atoms with Crippen LogP contribution < -0.4 is 5.73 Å². The van der Waals surface area contributed by atoms with Gasteiger partial charge in [0.25, 0.3) is 0 Å². The summed E-state index contributed by atoms with van der Waals surface area (Å²) >= 11 is 3.54. The highest BCUT2D eigenvalue weighted by molar-refractivity contribution is 9.10. The van der Waals surface area contributed by atoms with Crippen molar-refractivity contribution in [1.29, 1.82) is 0 Å². The lowest BCUT2D eigenvalue weighted by atomic mass is 10.2. The van der Waals surface area contributed by atoms with Crippen molar-refractivity contribution in [3.63, 3.8) is 0 Å². The lowest BCUT2D eigenvalue weighted by molar-refractivity contribution is 0.787. The van der Waals surface area contributed by atoms with Crippen molar-refractivity contribution >= 4 is 21.4 Å². The summed E-state index contributed by atoms with van der Waals surface area (Å²) in [7, 11) is 0. The van der Waals surface area contributed by atoms with E-state index in [0.29, 0.717) is 0 Å². The summed E-state index contributed by atoms with van der Waals surface area (Å²) in [5.74, 6) is 1.05. The quantitative estimate of drug-likeness (QED) is 0.909. The van der Waals surface area contributed by atoms with Crippen LogP contribution in [0.25, 0.3) is 5.52 Å². The average molecular weight is 268 g/mol. The first-order chi connectivity index (χ1) is 7.15. The summed E-state index contributed by atoms with van der Waals surface area (Å²) in [5, 5.41) is 0. The van der Waals surface area contributed by atoms with Gasteiger partial charge in [0.2, 0.25) is 0 Å². The van der Waals surface area contributed by atoms with Crippen molar-refractivity contribution in [2.24, 2.45) is 5.73 Å². The number of halogens is 1. The first-order valence-electron chi connectivity index (χ1n) is 5.06. The Balaban J connectivity index is 2.82. The molecule has 1 atom stereocenters. The van der Waals surface area contributed by atoms with Crippen LogP contribution in [-0.4, -0.2) is 9.38 Å². The summed E-state index contributed by atoms with van der Waals surface area (Å²) in [4.78, 5) is 4.58. The van der Waals surface area contributed by atoms with Gasteiger partial charge in [-0.15, -0.1) is 0 Å². The maximum absolute atomic E-state index is 5.92. The van der Waals surface area contributed by atoms with Gasteiger partial charge in [-0.25, -0.2) is 4.98 Å². The molecular formula is C11H14BrN3. The zero-order chi connectivity index (χ0) is 11.0. The standard InChI is InChI=1S/C11H14BrN3/c1-3-9-14-10(7(2)13)11-8(12)5-4-6-15(9)11/h4-7H,3,13H2,1-2H3. The molecule has 2 rings (SSSR count). The number of aryl methyl sites for hydroxylation is 1. The van der Waals surface area contributed by atoms with Gasteiger partial charge in [0.15, 0.2) is 0 Å². The van der Waals surface area contributed by atoms with Crippen molar-refractivity contribution in [3.05, 3.63) is 34.3 Å². The van der Waals surface area contributed by atoms with E-state index in [1.54, 1.807) is 0 Å². The Bertz CT molecular complexity index is 488. The molecule has 0 aliphatic rings. The topological polar surface area (TPSA) is 43.3 Å². The van der Waals surface area contributed by atoms with E-state index in [1.807, 2.05) is 25.3 Å². The number of rotatable bonds is 2. The number of nitrogens with two attached hydrogens (primary N) is 1. The second-order valence-corrected chi connectivity index (χ2v) is 4.48. The Hall–Kier alpha value is -0.870. The van der Waals surface area contributed by atoms with Crippen LogP contribution in [-0.2, 0) is 6.42 Å². The van der Waals surface area contributed by atoms with Crippen LogP contribution in [0, 0.1) is 0 Å². The van der Waals surface area contributed by atoms with E-state index < -0.39 is 0 Å². The van der Waals surface area contributed by atoms with Gasteiger partial charge in [0, 0.05) is 23.1 Å². The fourth-order valence-electron chi connectivity index (χ4n) is 1.76. The third-order valence-electron chi connectivity index (χ3n) is 2.46. The number of pyridine rings is 1. The highest BCUT2D eigenvalue weighted by Crippen LogP contribution is 2.26. The Morgan fingerprint density at radius 1 is 1.60 bits per heavy atom. The number of nitrogens with zero attached hydrogens (tertiary/aromatic N) is 2. The maximum Gasteiger partial charge on any atom is 0.113 e. The van der Waals surface area contributed by atoms with E-state index >= 15 is 0 Å². The molecule has 1 unspecified atom stereocenters. The van der Waals surface area contributed by atoms with Crippen molar-refractivity contribution in [2.75, 3.05) is 0 Å². The molecule has 15 heavy (non-hydrogen) atoms. The van der Waals surface area contributed by atoms with Gasteiger partial charge in [-0.2, -0.15) is 0 Å². The van der Waals surface area contributed by atoms with Crippen LogP contribution in [0.4, 0.5) is 0 Å². The average Bonchev–Trinajstić information content (AvgIpc) is 2.58. The van der Waals surface area contributed by atoms with Crippen LogP contribution >= 0.6 is 15.9 Å². The molecule has 2 aromatic rings.